The summed E-state index contributed by atoms with van der Waals surface area (Å²) >= 11 is 11.8. The van der Waals surface area contributed by atoms with Gasteiger partial charge in [-0.3, -0.25) is 9.69 Å². The van der Waals surface area contributed by atoms with Gasteiger partial charge in [-0.2, -0.15) is 0 Å². The van der Waals surface area contributed by atoms with Crippen molar-refractivity contribution in [1.29, 1.82) is 0 Å². The Labute approximate surface area is 155 Å². The molecule has 130 valence electrons. The van der Waals surface area contributed by atoms with E-state index in [1.807, 2.05) is 6.92 Å². The molecule has 3 amide bonds. The highest BCUT2D eigenvalue weighted by Gasteiger charge is 2.38. The number of carbonyl (C=O) groups is 2. The average molecular weight is 378 g/mol. The van der Waals surface area contributed by atoms with E-state index in [1.165, 1.54) is 0 Å². The minimum absolute atomic E-state index is 0.0321. The lowest BCUT2D eigenvalue weighted by Crippen LogP contribution is -2.47. The van der Waals surface area contributed by atoms with Crippen LogP contribution in [0.2, 0.25) is 10.0 Å². The van der Waals surface area contributed by atoms with Crippen molar-refractivity contribution in [3.63, 3.8) is 0 Å². The molecule has 1 saturated heterocycles. The predicted molar refractivity (Wildman–Crippen MR) is 100 cm³/mol. The van der Waals surface area contributed by atoms with Crippen LogP contribution in [0.15, 0.2) is 48.5 Å². The van der Waals surface area contributed by atoms with Crippen molar-refractivity contribution in [2.24, 2.45) is 5.92 Å². The maximum absolute atomic E-state index is 12.5. The van der Waals surface area contributed by atoms with Crippen molar-refractivity contribution in [1.82, 2.24) is 5.32 Å². The molecule has 1 heterocycles. The summed E-state index contributed by atoms with van der Waals surface area (Å²) in [5, 5.41) is 6.70. The van der Waals surface area contributed by atoms with E-state index in [9.17, 15) is 9.59 Å². The molecule has 2 atom stereocenters. The molecule has 1 aliphatic heterocycles. The summed E-state index contributed by atoms with van der Waals surface area (Å²) in [6.45, 7) is 1.85. The minimum Gasteiger partial charge on any atom is -0.317 e. The Hall–Kier alpha value is -2.24. The molecule has 0 spiro atoms. The summed E-state index contributed by atoms with van der Waals surface area (Å²) in [6.07, 6.45) is 0.104. The standard InChI is InChI=1S/C18H17Cl2N3O2/c1-11-9-16(22-18(25)21-14-4-2-3-13(20)10-14)23(17(11)24)15-7-5-12(19)6-8-15/h2-8,10-11,16H,9H2,1H3,(H2,21,22,25). The second-order valence-electron chi connectivity index (χ2n) is 5.95. The van der Waals surface area contributed by atoms with Gasteiger partial charge < -0.3 is 10.6 Å². The van der Waals surface area contributed by atoms with Crippen LogP contribution in [0, 0.1) is 5.92 Å². The van der Waals surface area contributed by atoms with Crippen molar-refractivity contribution in [3.8, 4) is 0 Å². The van der Waals surface area contributed by atoms with Gasteiger partial charge in [0.15, 0.2) is 0 Å². The number of anilines is 2. The zero-order chi connectivity index (χ0) is 18.0. The molecule has 3 rings (SSSR count). The van der Waals surface area contributed by atoms with Crippen LogP contribution in [0.4, 0.5) is 16.2 Å². The van der Waals surface area contributed by atoms with Gasteiger partial charge in [0.2, 0.25) is 5.91 Å². The first-order chi connectivity index (χ1) is 11.9. The second kappa shape index (κ2) is 7.33. The molecule has 2 N–H and O–H groups in total. The van der Waals surface area contributed by atoms with E-state index in [0.717, 1.165) is 0 Å². The quantitative estimate of drug-likeness (QED) is 0.825. The van der Waals surface area contributed by atoms with Gasteiger partial charge in [-0.25, -0.2) is 4.79 Å². The Bertz CT molecular complexity index is 795. The fourth-order valence-corrected chi connectivity index (χ4v) is 3.17. The van der Waals surface area contributed by atoms with Crippen molar-refractivity contribution in [2.45, 2.75) is 19.5 Å². The number of amides is 3. The number of benzene rings is 2. The zero-order valence-corrected chi connectivity index (χ0v) is 15.0. The van der Waals surface area contributed by atoms with Crippen LogP contribution in [0.3, 0.4) is 0 Å². The molecule has 1 aliphatic rings. The lowest BCUT2D eigenvalue weighted by atomic mass is 10.1. The molecule has 2 unspecified atom stereocenters. The summed E-state index contributed by atoms with van der Waals surface area (Å²) in [7, 11) is 0. The van der Waals surface area contributed by atoms with E-state index >= 15 is 0 Å². The van der Waals surface area contributed by atoms with Gasteiger partial charge in [0.05, 0.1) is 0 Å². The van der Waals surface area contributed by atoms with Crippen molar-refractivity contribution >= 4 is 46.5 Å². The lowest BCUT2D eigenvalue weighted by Gasteiger charge is -2.25. The third kappa shape index (κ3) is 4.06. The number of nitrogens with zero attached hydrogens (tertiary/aromatic N) is 1. The third-order valence-electron chi connectivity index (χ3n) is 4.03. The Morgan fingerprint density at radius 3 is 2.52 bits per heavy atom. The average Bonchev–Trinajstić information content (AvgIpc) is 2.82. The molecule has 2 aromatic rings. The number of hydrogen-bond donors (Lipinski definition) is 2. The zero-order valence-electron chi connectivity index (χ0n) is 13.5. The van der Waals surface area contributed by atoms with Crippen LogP contribution in [0.1, 0.15) is 13.3 Å². The Balaban J connectivity index is 1.74. The van der Waals surface area contributed by atoms with E-state index in [2.05, 4.69) is 10.6 Å². The molecule has 7 heteroatoms. The van der Waals surface area contributed by atoms with Gasteiger partial charge in [-0.1, -0.05) is 36.2 Å². The maximum Gasteiger partial charge on any atom is 0.320 e. The summed E-state index contributed by atoms with van der Waals surface area (Å²) < 4.78 is 0. The number of halogens is 2. The van der Waals surface area contributed by atoms with Crippen LogP contribution in [0.25, 0.3) is 0 Å². The normalized spacial score (nSPS) is 19.8. The molecule has 0 saturated carbocycles. The maximum atomic E-state index is 12.5. The Morgan fingerprint density at radius 2 is 1.84 bits per heavy atom. The fourth-order valence-electron chi connectivity index (χ4n) is 2.85. The topological polar surface area (TPSA) is 61.4 Å². The van der Waals surface area contributed by atoms with Gasteiger partial charge in [0, 0.05) is 27.3 Å². The highest BCUT2D eigenvalue weighted by Crippen LogP contribution is 2.30. The van der Waals surface area contributed by atoms with Crippen molar-refractivity contribution < 1.29 is 9.59 Å². The van der Waals surface area contributed by atoms with Crippen LogP contribution in [-0.4, -0.2) is 18.1 Å². The number of carbonyl (C=O) groups excluding carboxylic acids is 2. The molecular formula is C18H17Cl2N3O2. The smallest absolute Gasteiger partial charge is 0.317 e. The minimum atomic E-state index is -0.428. The van der Waals surface area contributed by atoms with Crippen LogP contribution >= 0.6 is 23.2 Å². The molecule has 0 aliphatic carbocycles. The van der Waals surface area contributed by atoms with E-state index in [4.69, 9.17) is 23.2 Å². The predicted octanol–water partition coefficient (Wildman–Crippen LogP) is 4.51. The van der Waals surface area contributed by atoms with Gasteiger partial charge in [-0.15, -0.1) is 0 Å². The highest BCUT2D eigenvalue weighted by molar-refractivity contribution is 6.31. The fraction of sp³-hybridized carbons (Fsp3) is 0.222. The highest BCUT2D eigenvalue weighted by atomic mass is 35.5. The Kier molecular flexibility index (Phi) is 5.16. The van der Waals surface area contributed by atoms with Crippen LogP contribution in [0.5, 0.6) is 0 Å². The van der Waals surface area contributed by atoms with E-state index in [-0.39, 0.29) is 11.8 Å². The summed E-state index contributed by atoms with van der Waals surface area (Å²) in [5.41, 5.74) is 1.28. The molecule has 0 bridgehead atoms. The number of urea groups is 1. The first kappa shape index (κ1) is 17.6. The third-order valence-corrected chi connectivity index (χ3v) is 4.52. The second-order valence-corrected chi connectivity index (χ2v) is 6.82. The summed E-state index contributed by atoms with van der Waals surface area (Å²) in [5.74, 6) is -0.206. The molecular weight excluding hydrogens is 361 g/mol. The van der Waals surface area contributed by atoms with E-state index < -0.39 is 12.2 Å². The first-order valence-corrected chi connectivity index (χ1v) is 8.61. The van der Waals surface area contributed by atoms with Crippen LogP contribution < -0.4 is 15.5 Å². The van der Waals surface area contributed by atoms with Gasteiger partial charge in [-0.05, 0) is 48.9 Å². The van der Waals surface area contributed by atoms with Crippen molar-refractivity contribution in [3.05, 3.63) is 58.6 Å². The van der Waals surface area contributed by atoms with Gasteiger partial charge in [0.25, 0.3) is 0 Å². The monoisotopic (exact) mass is 377 g/mol. The number of rotatable bonds is 3. The number of hydrogen-bond acceptors (Lipinski definition) is 2. The van der Waals surface area contributed by atoms with E-state index in [0.29, 0.717) is 27.8 Å². The molecule has 2 aromatic carbocycles. The van der Waals surface area contributed by atoms with Crippen LogP contribution in [-0.2, 0) is 4.79 Å². The molecule has 1 fully saturated rings. The molecule has 0 aromatic heterocycles. The lowest BCUT2D eigenvalue weighted by molar-refractivity contribution is -0.120. The Morgan fingerprint density at radius 1 is 1.12 bits per heavy atom. The van der Waals surface area contributed by atoms with Gasteiger partial charge in [0.1, 0.15) is 6.17 Å². The van der Waals surface area contributed by atoms with Crippen molar-refractivity contribution in [2.75, 3.05) is 10.2 Å². The largest absolute Gasteiger partial charge is 0.320 e. The SMILES string of the molecule is CC1CC(NC(=O)Nc2cccc(Cl)c2)N(c2ccc(Cl)cc2)C1=O. The molecule has 0 radical (unpaired) electrons. The van der Waals surface area contributed by atoms with Gasteiger partial charge >= 0.3 is 6.03 Å². The summed E-state index contributed by atoms with van der Waals surface area (Å²) in [6, 6.07) is 13.4. The first-order valence-electron chi connectivity index (χ1n) is 7.86. The molecule has 5 nitrogen and oxygen atoms in total. The van der Waals surface area contributed by atoms with E-state index in [1.54, 1.807) is 53.4 Å². The summed E-state index contributed by atoms with van der Waals surface area (Å²) in [4.78, 5) is 26.4. The molecule has 25 heavy (non-hydrogen) atoms. The number of nitrogens with one attached hydrogen (secondary N) is 2.